The number of nitrogens with two attached hydrogens (primary N) is 1. The van der Waals surface area contributed by atoms with E-state index in [1.54, 1.807) is 7.11 Å². The zero-order valence-corrected chi connectivity index (χ0v) is 16.8. The molecule has 2 amide bonds. The number of hydrogen-bond donors (Lipinski definition) is 1. The third-order valence-electron chi connectivity index (χ3n) is 5.90. The van der Waals surface area contributed by atoms with E-state index in [1.807, 2.05) is 54.6 Å². The van der Waals surface area contributed by atoms with E-state index in [0.29, 0.717) is 12.6 Å². The van der Waals surface area contributed by atoms with Gasteiger partial charge in [0.25, 0.3) is 0 Å². The quantitative estimate of drug-likeness (QED) is 0.850. The molecule has 2 aliphatic rings. The van der Waals surface area contributed by atoms with Gasteiger partial charge in [-0.15, -0.1) is 0 Å². The topological polar surface area (TPSA) is 71.2 Å². The highest BCUT2D eigenvalue weighted by molar-refractivity contribution is 6.03. The summed E-state index contributed by atoms with van der Waals surface area (Å²) in [6.45, 7) is 0.690. The molecule has 1 aliphatic carbocycles. The normalized spacial score (nSPS) is 20.9. The lowest BCUT2D eigenvalue weighted by Gasteiger charge is -2.45. The van der Waals surface area contributed by atoms with Crippen LogP contribution in [0.4, 0.5) is 4.79 Å². The van der Waals surface area contributed by atoms with Gasteiger partial charge in [-0.05, 0) is 36.1 Å². The van der Waals surface area contributed by atoms with Crippen molar-refractivity contribution in [2.75, 3.05) is 13.7 Å². The lowest BCUT2D eigenvalue weighted by molar-refractivity contribution is 0.0230. The van der Waals surface area contributed by atoms with Crippen molar-refractivity contribution in [2.45, 2.75) is 44.3 Å². The first-order valence-electron chi connectivity index (χ1n) is 10.3. The molecule has 1 heterocycles. The molecule has 1 fully saturated rings. The molecule has 152 valence electrons. The summed E-state index contributed by atoms with van der Waals surface area (Å²) in [6.07, 6.45) is 5.64. The number of benzene rings is 2. The minimum absolute atomic E-state index is 0.311. The molecule has 1 aliphatic heterocycles. The van der Waals surface area contributed by atoms with Crippen molar-refractivity contribution in [1.29, 1.82) is 0 Å². The Labute approximate surface area is 171 Å². The fourth-order valence-electron chi connectivity index (χ4n) is 4.42. The van der Waals surface area contributed by atoms with Gasteiger partial charge < -0.3 is 10.5 Å². The molecule has 0 spiro atoms. The maximum absolute atomic E-state index is 12.5. The molecule has 0 radical (unpaired) electrons. The van der Waals surface area contributed by atoms with Gasteiger partial charge in [-0.3, -0.25) is 4.90 Å². The number of amides is 2. The van der Waals surface area contributed by atoms with E-state index in [-0.39, 0.29) is 6.17 Å². The number of hydrazone groups is 1. The smallest absolute Gasteiger partial charge is 0.337 e. The standard InChI is InChI=1S/C23H28N4O2/c1-29-20-14-12-18(13-15-20)22-26(19-10-6-3-7-11-19)16-21(25-27(22)23(24)28)17-8-4-2-5-9-17/h2,4-5,8-9,12-15,19,22H,3,6-7,10-11,16H2,1H3,(H2,24,28). The Hall–Kier alpha value is -2.86. The maximum atomic E-state index is 12.5. The van der Waals surface area contributed by atoms with Crippen molar-refractivity contribution >= 4 is 11.7 Å². The predicted molar refractivity (Wildman–Crippen MR) is 114 cm³/mol. The largest absolute Gasteiger partial charge is 0.497 e. The van der Waals surface area contributed by atoms with Crippen LogP contribution in [0.5, 0.6) is 5.75 Å². The summed E-state index contributed by atoms with van der Waals surface area (Å²) in [5, 5.41) is 6.15. The summed E-state index contributed by atoms with van der Waals surface area (Å²) in [4.78, 5) is 14.9. The van der Waals surface area contributed by atoms with E-state index in [9.17, 15) is 4.79 Å². The number of urea groups is 1. The van der Waals surface area contributed by atoms with Crippen LogP contribution in [0.1, 0.15) is 49.4 Å². The van der Waals surface area contributed by atoms with Crippen molar-refractivity contribution in [3.63, 3.8) is 0 Å². The molecule has 6 heteroatoms. The number of carbonyl (C=O) groups is 1. The predicted octanol–water partition coefficient (Wildman–Crippen LogP) is 4.13. The molecule has 0 bridgehead atoms. The van der Waals surface area contributed by atoms with Gasteiger partial charge in [0.05, 0.1) is 12.8 Å². The molecule has 29 heavy (non-hydrogen) atoms. The Bertz CT molecular complexity index is 860. The molecular weight excluding hydrogens is 364 g/mol. The summed E-state index contributed by atoms with van der Waals surface area (Å²) in [5.74, 6) is 0.785. The zero-order chi connectivity index (χ0) is 20.2. The number of ether oxygens (including phenoxy) is 1. The second-order valence-electron chi connectivity index (χ2n) is 7.71. The fourth-order valence-corrected chi connectivity index (χ4v) is 4.42. The summed E-state index contributed by atoms with van der Waals surface area (Å²) in [7, 11) is 1.65. The van der Waals surface area contributed by atoms with Gasteiger partial charge in [0, 0.05) is 12.6 Å². The third kappa shape index (κ3) is 4.12. The van der Waals surface area contributed by atoms with Crippen molar-refractivity contribution in [1.82, 2.24) is 9.91 Å². The summed E-state index contributed by atoms with van der Waals surface area (Å²) in [5.41, 5.74) is 8.70. The van der Waals surface area contributed by atoms with Gasteiger partial charge in [-0.25, -0.2) is 4.79 Å². The third-order valence-corrected chi connectivity index (χ3v) is 5.90. The molecule has 0 saturated heterocycles. The van der Waals surface area contributed by atoms with Crippen LogP contribution >= 0.6 is 0 Å². The molecule has 1 saturated carbocycles. The van der Waals surface area contributed by atoms with Crippen LogP contribution in [0.2, 0.25) is 0 Å². The van der Waals surface area contributed by atoms with Crippen molar-refractivity contribution in [3.05, 3.63) is 65.7 Å². The molecule has 1 atom stereocenters. The van der Waals surface area contributed by atoms with Gasteiger partial charge >= 0.3 is 6.03 Å². The first-order valence-corrected chi connectivity index (χ1v) is 10.3. The van der Waals surface area contributed by atoms with Crippen molar-refractivity contribution in [2.24, 2.45) is 10.8 Å². The Kier molecular flexibility index (Phi) is 5.81. The fraction of sp³-hybridized carbons (Fsp3) is 0.391. The highest BCUT2D eigenvalue weighted by atomic mass is 16.5. The van der Waals surface area contributed by atoms with Crippen LogP contribution in [-0.4, -0.2) is 41.3 Å². The van der Waals surface area contributed by atoms with Crippen LogP contribution in [0.25, 0.3) is 0 Å². The van der Waals surface area contributed by atoms with E-state index in [0.717, 1.165) is 35.4 Å². The second-order valence-corrected chi connectivity index (χ2v) is 7.71. The SMILES string of the molecule is COc1ccc(C2N(C(N)=O)N=C(c3ccccc3)CN2C2CCCCC2)cc1. The lowest BCUT2D eigenvalue weighted by atomic mass is 9.92. The van der Waals surface area contributed by atoms with Gasteiger partial charge in [-0.1, -0.05) is 61.7 Å². The number of primary amides is 1. The monoisotopic (exact) mass is 392 g/mol. The van der Waals surface area contributed by atoms with Gasteiger partial charge in [0.1, 0.15) is 11.9 Å². The Morgan fingerprint density at radius 2 is 1.72 bits per heavy atom. The minimum atomic E-state index is -0.542. The van der Waals surface area contributed by atoms with Crippen LogP contribution in [0, 0.1) is 0 Å². The maximum Gasteiger partial charge on any atom is 0.337 e. The minimum Gasteiger partial charge on any atom is -0.497 e. The summed E-state index contributed by atoms with van der Waals surface area (Å²) in [6, 6.07) is 17.7. The Balaban J connectivity index is 1.77. The van der Waals surface area contributed by atoms with Crippen LogP contribution in [0.15, 0.2) is 59.7 Å². The first-order chi connectivity index (χ1) is 14.2. The van der Waals surface area contributed by atoms with E-state index >= 15 is 0 Å². The summed E-state index contributed by atoms with van der Waals surface area (Å²) >= 11 is 0. The Morgan fingerprint density at radius 3 is 2.34 bits per heavy atom. The molecule has 2 aromatic rings. The lowest BCUT2D eigenvalue weighted by Crippen LogP contribution is -2.54. The molecule has 6 nitrogen and oxygen atoms in total. The molecule has 2 N–H and O–H groups in total. The first kappa shape index (κ1) is 19.5. The van der Waals surface area contributed by atoms with E-state index in [2.05, 4.69) is 4.90 Å². The average molecular weight is 393 g/mol. The number of carbonyl (C=O) groups excluding carboxylic acids is 1. The zero-order valence-electron chi connectivity index (χ0n) is 16.8. The van der Waals surface area contributed by atoms with Crippen LogP contribution < -0.4 is 10.5 Å². The molecule has 2 aromatic carbocycles. The number of methoxy groups -OCH3 is 1. The van der Waals surface area contributed by atoms with Crippen molar-refractivity contribution in [3.8, 4) is 5.75 Å². The van der Waals surface area contributed by atoms with E-state index in [4.69, 9.17) is 15.6 Å². The number of nitrogens with zero attached hydrogens (tertiary/aromatic N) is 3. The average Bonchev–Trinajstić information content (AvgIpc) is 2.79. The van der Waals surface area contributed by atoms with Gasteiger partial charge in [0.15, 0.2) is 0 Å². The highest BCUT2D eigenvalue weighted by Crippen LogP contribution is 2.36. The van der Waals surface area contributed by atoms with Crippen LogP contribution in [0.3, 0.4) is 0 Å². The molecule has 0 aromatic heterocycles. The summed E-state index contributed by atoms with van der Waals surface area (Å²) < 4.78 is 5.30. The molecule has 4 rings (SSSR count). The van der Waals surface area contributed by atoms with Gasteiger partial charge in [-0.2, -0.15) is 10.1 Å². The van der Waals surface area contributed by atoms with Crippen molar-refractivity contribution < 1.29 is 9.53 Å². The van der Waals surface area contributed by atoms with Crippen LogP contribution in [-0.2, 0) is 0 Å². The molecule has 1 unspecified atom stereocenters. The van der Waals surface area contributed by atoms with E-state index < -0.39 is 6.03 Å². The molecular formula is C23H28N4O2. The number of rotatable bonds is 4. The van der Waals surface area contributed by atoms with E-state index in [1.165, 1.54) is 24.3 Å². The highest BCUT2D eigenvalue weighted by Gasteiger charge is 2.39. The number of hydrogen-bond acceptors (Lipinski definition) is 4. The van der Waals surface area contributed by atoms with Gasteiger partial charge in [0.2, 0.25) is 0 Å². The second kappa shape index (κ2) is 8.66. The Morgan fingerprint density at radius 1 is 1.03 bits per heavy atom.